The van der Waals surface area contributed by atoms with E-state index in [9.17, 15) is 4.79 Å². The SMILES string of the molecule is CCC1NN=C(NC(=O)CCc2ccccc2)S1. The fraction of sp³-hybridized carbons (Fsp3) is 0.385. The number of hydrazone groups is 1. The van der Waals surface area contributed by atoms with Crippen molar-refractivity contribution in [1.29, 1.82) is 0 Å². The number of benzene rings is 1. The lowest BCUT2D eigenvalue weighted by molar-refractivity contribution is -0.119. The van der Waals surface area contributed by atoms with Gasteiger partial charge in [-0.05, 0) is 18.4 Å². The molecule has 1 atom stereocenters. The van der Waals surface area contributed by atoms with Gasteiger partial charge in [-0.3, -0.25) is 10.2 Å². The Labute approximate surface area is 111 Å². The van der Waals surface area contributed by atoms with Crippen LogP contribution in [0.3, 0.4) is 0 Å². The quantitative estimate of drug-likeness (QED) is 0.874. The predicted molar refractivity (Wildman–Crippen MR) is 75.1 cm³/mol. The molecular weight excluding hydrogens is 246 g/mol. The van der Waals surface area contributed by atoms with E-state index in [1.807, 2.05) is 30.3 Å². The molecule has 0 fully saturated rings. The van der Waals surface area contributed by atoms with Crippen LogP contribution in [0.1, 0.15) is 25.3 Å². The Kier molecular flexibility index (Phi) is 4.64. The van der Waals surface area contributed by atoms with Crippen molar-refractivity contribution in [1.82, 2.24) is 10.7 Å². The lowest BCUT2D eigenvalue weighted by atomic mass is 10.1. The number of rotatable bonds is 4. The predicted octanol–water partition coefficient (Wildman–Crippen LogP) is 2.08. The standard InChI is InChI=1S/C13H17N3OS/c1-2-12-15-16-13(18-12)14-11(17)9-8-10-6-4-3-5-7-10/h3-7,12,15H,2,8-9H2,1H3,(H,14,16,17). The van der Waals surface area contributed by atoms with Crippen molar-refractivity contribution in [2.24, 2.45) is 5.10 Å². The average molecular weight is 263 g/mol. The third-order valence-electron chi connectivity index (χ3n) is 2.66. The van der Waals surface area contributed by atoms with Crippen molar-refractivity contribution < 1.29 is 4.79 Å². The highest BCUT2D eigenvalue weighted by atomic mass is 32.2. The smallest absolute Gasteiger partial charge is 0.226 e. The molecule has 0 aliphatic carbocycles. The molecule has 1 aromatic rings. The number of nitrogens with zero attached hydrogens (tertiary/aromatic N) is 1. The first-order valence-electron chi connectivity index (χ1n) is 6.11. The lowest BCUT2D eigenvalue weighted by Gasteiger charge is -2.05. The van der Waals surface area contributed by atoms with Crippen LogP contribution in [0.15, 0.2) is 35.4 Å². The molecule has 5 heteroatoms. The molecule has 96 valence electrons. The van der Waals surface area contributed by atoms with Gasteiger partial charge in [0.1, 0.15) is 0 Å². The Hall–Kier alpha value is -1.49. The van der Waals surface area contributed by atoms with Gasteiger partial charge in [0.15, 0.2) is 5.17 Å². The van der Waals surface area contributed by atoms with E-state index >= 15 is 0 Å². The van der Waals surface area contributed by atoms with Crippen LogP contribution in [0.25, 0.3) is 0 Å². The van der Waals surface area contributed by atoms with E-state index in [1.165, 1.54) is 5.56 Å². The number of carbonyl (C=O) groups excluding carboxylic acids is 1. The first-order valence-corrected chi connectivity index (χ1v) is 6.99. The van der Waals surface area contributed by atoms with Gasteiger partial charge in [-0.15, -0.1) is 0 Å². The molecule has 0 saturated carbocycles. The Morgan fingerprint density at radius 2 is 2.22 bits per heavy atom. The maximum Gasteiger partial charge on any atom is 0.226 e. The summed E-state index contributed by atoms with van der Waals surface area (Å²) in [5.41, 5.74) is 4.15. The Morgan fingerprint density at radius 1 is 1.44 bits per heavy atom. The fourth-order valence-corrected chi connectivity index (χ4v) is 2.45. The van der Waals surface area contributed by atoms with Crippen LogP contribution in [-0.4, -0.2) is 16.4 Å². The highest BCUT2D eigenvalue weighted by Gasteiger charge is 2.18. The second-order valence-electron chi connectivity index (χ2n) is 4.09. The van der Waals surface area contributed by atoms with Crippen LogP contribution in [0.2, 0.25) is 0 Å². The van der Waals surface area contributed by atoms with Crippen LogP contribution >= 0.6 is 11.8 Å². The van der Waals surface area contributed by atoms with Gasteiger partial charge in [0.05, 0.1) is 5.37 Å². The van der Waals surface area contributed by atoms with Gasteiger partial charge in [0.2, 0.25) is 5.91 Å². The number of carbonyl (C=O) groups is 1. The van der Waals surface area contributed by atoms with Crippen LogP contribution in [-0.2, 0) is 11.2 Å². The molecule has 0 spiro atoms. The van der Waals surface area contributed by atoms with E-state index in [4.69, 9.17) is 0 Å². The van der Waals surface area contributed by atoms with Crippen LogP contribution in [0.4, 0.5) is 0 Å². The van der Waals surface area contributed by atoms with E-state index in [-0.39, 0.29) is 11.3 Å². The number of aryl methyl sites for hydroxylation is 1. The largest absolute Gasteiger partial charge is 0.304 e. The molecule has 0 aromatic heterocycles. The van der Waals surface area contributed by atoms with Crippen LogP contribution in [0, 0.1) is 0 Å². The average Bonchev–Trinajstić information content (AvgIpc) is 2.85. The molecule has 1 heterocycles. The molecule has 0 radical (unpaired) electrons. The zero-order valence-corrected chi connectivity index (χ0v) is 11.2. The number of hydrogen-bond donors (Lipinski definition) is 2. The van der Waals surface area contributed by atoms with Gasteiger partial charge in [0, 0.05) is 6.42 Å². The van der Waals surface area contributed by atoms with Gasteiger partial charge in [-0.2, -0.15) is 5.10 Å². The van der Waals surface area contributed by atoms with Gasteiger partial charge in [-0.1, -0.05) is 49.0 Å². The number of hydrogen-bond acceptors (Lipinski definition) is 4. The Balaban J connectivity index is 1.73. The molecule has 4 nitrogen and oxygen atoms in total. The highest BCUT2D eigenvalue weighted by Crippen LogP contribution is 2.17. The first-order chi connectivity index (χ1) is 8.78. The summed E-state index contributed by atoms with van der Waals surface area (Å²) in [6, 6.07) is 10.0. The molecule has 0 saturated heterocycles. The molecule has 0 bridgehead atoms. The third kappa shape index (κ3) is 3.77. The summed E-state index contributed by atoms with van der Waals surface area (Å²) < 4.78 is 0. The van der Waals surface area contributed by atoms with Crippen molar-refractivity contribution in [3.63, 3.8) is 0 Å². The van der Waals surface area contributed by atoms with E-state index in [2.05, 4.69) is 22.8 Å². The molecule has 1 amide bonds. The lowest BCUT2D eigenvalue weighted by Crippen LogP contribution is -2.27. The van der Waals surface area contributed by atoms with E-state index in [0.717, 1.165) is 12.8 Å². The van der Waals surface area contributed by atoms with Crippen LogP contribution in [0.5, 0.6) is 0 Å². The zero-order valence-electron chi connectivity index (χ0n) is 10.3. The molecule has 18 heavy (non-hydrogen) atoms. The number of amides is 1. The summed E-state index contributed by atoms with van der Waals surface area (Å²) in [6.07, 6.45) is 2.23. The van der Waals surface area contributed by atoms with Gasteiger partial charge >= 0.3 is 0 Å². The third-order valence-corrected chi connectivity index (χ3v) is 3.80. The Bertz CT molecular complexity index is 433. The summed E-state index contributed by atoms with van der Waals surface area (Å²) in [4.78, 5) is 11.7. The second-order valence-corrected chi connectivity index (χ2v) is 5.29. The number of nitrogens with one attached hydrogen (secondary N) is 2. The van der Waals surface area contributed by atoms with Gasteiger partial charge < -0.3 is 5.32 Å². The van der Waals surface area contributed by atoms with Crippen molar-refractivity contribution in [2.75, 3.05) is 0 Å². The van der Waals surface area contributed by atoms with Gasteiger partial charge in [0.25, 0.3) is 0 Å². The molecule has 2 rings (SSSR count). The summed E-state index contributed by atoms with van der Waals surface area (Å²) in [5.74, 6) is 0.0173. The number of thioether (sulfide) groups is 1. The van der Waals surface area contributed by atoms with Crippen LogP contribution < -0.4 is 10.7 Å². The molecule has 1 unspecified atom stereocenters. The van der Waals surface area contributed by atoms with E-state index in [1.54, 1.807) is 11.8 Å². The minimum atomic E-state index is 0.0173. The van der Waals surface area contributed by atoms with Crippen molar-refractivity contribution in [3.8, 4) is 0 Å². The maximum absolute atomic E-state index is 11.7. The fourth-order valence-electron chi connectivity index (χ4n) is 1.63. The zero-order chi connectivity index (χ0) is 12.8. The van der Waals surface area contributed by atoms with Crippen molar-refractivity contribution in [2.45, 2.75) is 31.6 Å². The molecule has 1 aliphatic heterocycles. The summed E-state index contributed by atoms with van der Waals surface area (Å²) in [5, 5.41) is 7.87. The summed E-state index contributed by atoms with van der Waals surface area (Å²) in [6.45, 7) is 2.08. The van der Waals surface area contributed by atoms with E-state index < -0.39 is 0 Å². The summed E-state index contributed by atoms with van der Waals surface area (Å²) in [7, 11) is 0. The van der Waals surface area contributed by atoms with Crippen molar-refractivity contribution >= 4 is 22.8 Å². The topological polar surface area (TPSA) is 53.5 Å². The monoisotopic (exact) mass is 263 g/mol. The van der Waals surface area contributed by atoms with Crippen molar-refractivity contribution in [3.05, 3.63) is 35.9 Å². The molecule has 1 aliphatic rings. The second kappa shape index (κ2) is 6.44. The number of amidine groups is 1. The highest BCUT2D eigenvalue weighted by molar-refractivity contribution is 8.14. The minimum Gasteiger partial charge on any atom is -0.304 e. The molecule has 2 N–H and O–H groups in total. The van der Waals surface area contributed by atoms with Gasteiger partial charge in [-0.25, -0.2) is 0 Å². The minimum absolute atomic E-state index is 0.0173. The maximum atomic E-state index is 11.7. The molecular formula is C13H17N3OS. The summed E-state index contributed by atoms with van der Waals surface area (Å²) >= 11 is 1.57. The Morgan fingerprint density at radius 3 is 2.89 bits per heavy atom. The normalized spacial score (nSPS) is 18.1. The van der Waals surface area contributed by atoms with E-state index in [0.29, 0.717) is 11.6 Å². The molecule has 1 aromatic carbocycles. The first kappa shape index (κ1) is 13.0.